The van der Waals surface area contributed by atoms with E-state index >= 15 is 0 Å². The Balaban J connectivity index is 2.79. The first-order valence-electron chi connectivity index (χ1n) is 5.23. The number of carbonyl (C=O) groups excluding carboxylic acids is 1. The van der Waals surface area contributed by atoms with Gasteiger partial charge in [0.1, 0.15) is 6.04 Å². The Hall–Kier alpha value is -1.24. The Bertz CT molecular complexity index is 434. The van der Waals surface area contributed by atoms with Crippen molar-refractivity contribution in [3.8, 4) is 6.07 Å². The van der Waals surface area contributed by atoms with E-state index in [4.69, 9.17) is 28.5 Å². The number of nitrogens with one attached hydrogen (secondary N) is 1. The topological polar surface area (TPSA) is 52.9 Å². The van der Waals surface area contributed by atoms with Crippen molar-refractivity contribution in [2.45, 2.75) is 25.8 Å². The van der Waals surface area contributed by atoms with Crippen LogP contribution in [0, 0.1) is 11.3 Å². The molecule has 0 fully saturated rings. The van der Waals surface area contributed by atoms with Gasteiger partial charge >= 0.3 is 0 Å². The number of halogens is 2. The second kappa shape index (κ2) is 6.48. The number of nitriles is 1. The summed E-state index contributed by atoms with van der Waals surface area (Å²) < 4.78 is 0. The third-order valence-corrected chi connectivity index (χ3v) is 2.60. The third kappa shape index (κ3) is 4.26. The SMILES string of the molecule is CCCC(C#N)NC(=O)c1cc(Cl)cc(Cl)c1. The average molecular weight is 271 g/mol. The zero-order valence-corrected chi connectivity index (χ0v) is 10.8. The van der Waals surface area contributed by atoms with Gasteiger partial charge in [-0.15, -0.1) is 0 Å². The number of nitrogens with zero attached hydrogens (tertiary/aromatic N) is 1. The number of hydrogen-bond donors (Lipinski definition) is 1. The highest BCUT2D eigenvalue weighted by atomic mass is 35.5. The van der Waals surface area contributed by atoms with Crippen molar-refractivity contribution in [3.05, 3.63) is 33.8 Å². The van der Waals surface area contributed by atoms with Crippen molar-refractivity contribution in [1.82, 2.24) is 5.32 Å². The van der Waals surface area contributed by atoms with Gasteiger partial charge in [0.05, 0.1) is 6.07 Å². The lowest BCUT2D eigenvalue weighted by Crippen LogP contribution is -2.33. The lowest BCUT2D eigenvalue weighted by atomic mass is 10.1. The summed E-state index contributed by atoms with van der Waals surface area (Å²) in [6.45, 7) is 1.95. The molecule has 0 saturated carbocycles. The van der Waals surface area contributed by atoms with Gasteiger partial charge in [0.15, 0.2) is 0 Å². The van der Waals surface area contributed by atoms with Crippen LogP contribution in [0.15, 0.2) is 18.2 Å². The Morgan fingerprint density at radius 1 is 1.41 bits per heavy atom. The summed E-state index contributed by atoms with van der Waals surface area (Å²) in [5.41, 5.74) is 0.360. The molecule has 0 aliphatic carbocycles. The maximum Gasteiger partial charge on any atom is 0.252 e. The quantitative estimate of drug-likeness (QED) is 0.912. The fraction of sp³-hybridized carbons (Fsp3) is 0.333. The first-order chi connectivity index (χ1) is 8.06. The summed E-state index contributed by atoms with van der Waals surface area (Å²) >= 11 is 11.6. The van der Waals surface area contributed by atoms with E-state index in [9.17, 15) is 4.79 Å². The number of amides is 1. The smallest absolute Gasteiger partial charge is 0.252 e. The third-order valence-electron chi connectivity index (χ3n) is 2.16. The van der Waals surface area contributed by atoms with Crippen molar-refractivity contribution >= 4 is 29.1 Å². The summed E-state index contributed by atoms with van der Waals surface area (Å²) in [5.74, 6) is -0.339. The summed E-state index contributed by atoms with van der Waals surface area (Å²) in [6, 6.07) is 6.14. The van der Waals surface area contributed by atoms with Crippen LogP contribution in [-0.4, -0.2) is 11.9 Å². The molecule has 0 aliphatic rings. The lowest BCUT2D eigenvalue weighted by molar-refractivity contribution is 0.0944. The van der Waals surface area contributed by atoms with E-state index in [2.05, 4.69) is 5.32 Å². The highest BCUT2D eigenvalue weighted by molar-refractivity contribution is 6.35. The molecule has 1 N–H and O–H groups in total. The Labute approximate surface area is 110 Å². The minimum Gasteiger partial charge on any atom is -0.336 e. The van der Waals surface area contributed by atoms with Crippen LogP contribution >= 0.6 is 23.2 Å². The highest BCUT2D eigenvalue weighted by Crippen LogP contribution is 2.19. The molecule has 5 heteroatoms. The van der Waals surface area contributed by atoms with Crippen LogP contribution in [-0.2, 0) is 0 Å². The van der Waals surface area contributed by atoms with Gasteiger partial charge < -0.3 is 5.32 Å². The monoisotopic (exact) mass is 270 g/mol. The van der Waals surface area contributed by atoms with Crippen molar-refractivity contribution < 1.29 is 4.79 Å². The minimum atomic E-state index is -0.481. The second-order valence-electron chi connectivity index (χ2n) is 3.60. The summed E-state index contributed by atoms with van der Waals surface area (Å²) in [7, 11) is 0. The zero-order valence-electron chi connectivity index (χ0n) is 9.34. The predicted molar refractivity (Wildman–Crippen MR) is 68.2 cm³/mol. The molecule has 0 aliphatic heterocycles. The van der Waals surface area contributed by atoms with E-state index in [0.29, 0.717) is 22.0 Å². The van der Waals surface area contributed by atoms with Gasteiger partial charge in [-0.05, 0) is 24.6 Å². The molecule has 1 rings (SSSR count). The van der Waals surface area contributed by atoms with Gasteiger partial charge in [0.25, 0.3) is 5.91 Å². The Kier molecular flexibility index (Phi) is 5.27. The molecule has 0 radical (unpaired) electrons. The molecule has 0 bridgehead atoms. The van der Waals surface area contributed by atoms with Crippen molar-refractivity contribution in [1.29, 1.82) is 5.26 Å². The maximum atomic E-state index is 11.8. The van der Waals surface area contributed by atoms with Crippen LogP contribution < -0.4 is 5.32 Å². The minimum absolute atomic E-state index is 0.339. The fourth-order valence-corrected chi connectivity index (χ4v) is 1.91. The number of carbonyl (C=O) groups is 1. The largest absolute Gasteiger partial charge is 0.336 e. The van der Waals surface area contributed by atoms with E-state index in [1.165, 1.54) is 12.1 Å². The molecule has 0 aromatic heterocycles. The molecule has 0 heterocycles. The zero-order chi connectivity index (χ0) is 12.8. The normalized spacial score (nSPS) is 11.6. The Morgan fingerprint density at radius 2 is 2.00 bits per heavy atom. The van der Waals surface area contributed by atoms with Gasteiger partial charge in [-0.3, -0.25) is 4.79 Å². The average Bonchev–Trinajstić information content (AvgIpc) is 2.27. The van der Waals surface area contributed by atoms with Gasteiger partial charge in [0.2, 0.25) is 0 Å². The molecule has 17 heavy (non-hydrogen) atoms. The molecule has 0 spiro atoms. The van der Waals surface area contributed by atoms with Crippen LogP contribution in [0.25, 0.3) is 0 Å². The fourth-order valence-electron chi connectivity index (χ4n) is 1.38. The second-order valence-corrected chi connectivity index (χ2v) is 4.47. The molecule has 1 atom stereocenters. The molecule has 90 valence electrons. The number of hydrogen-bond acceptors (Lipinski definition) is 2. The lowest BCUT2D eigenvalue weighted by Gasteiger charge is -2.10. The summed E-state index contributed by atoms with van der Waals surface area (Å²) in [5, 5.41) is 12.3. The van der Waals surface area contributed by atoms with E-state index in [1.807, 2.05) is 13.0 Å². The first-order valence-corrected chi connectivity index (χ1v) is 5.99. The molecular formula is C12H12Cl2N2O. The van der Waals surface area contributed by atoms with Gasteiger partial charge in [0, 0.05) is 15.6 Å². The first kappa shape index (κ1) is 13.8. The van der Waals surface area contributed by atoms with Crippen LogP contribution in [0.3, 0.4) is 0 Å². The maximum absolute atomic E-state index is 11.8. The summed E-state index contributed by atoms with van der Waals surface area (Å²) in [6.07, 6.45) is 1.45. The van der Waals surface area contributed by atoms with Gasteiger partial charge in [-0.2, -0.15) is 5.26 Å². The van der Waals surface area contributed by atoms with Crippen LogP contribution in [0.1, 0.15) is 30.1 Å². The van der Waals surface area contributed by atoms with Crippen LogP contribution in [0.4, 0.5) is 0 Å². The number of benzene rings is 1. The molecular weight excluding hydrogens is 259 g/mol. The molecule has 1 amide bonds. The molecule has 0 saturated heterocycles. The molecule has 1 aromatic rings. The van der Waals surface area contributed by atoms with E-state index in [1.54, 1.807) is 6.07 Å². The van der Waals surface area contributed by atoms with Crippen molar-refractivity contribution in [2.75, 3.05) is 0 Å². The van der Waals surface area contributed by atoms with Crippen molar-refractivity contribution in [3.63, 3.8) is 0 Å². The number of rotatable bonds is 4. The molecule has 1 aromatic carbocycles. The van der Waals surface area contributed by atoms with E-state index < -0.39 is 6.04 Å². The highest BCUT2D eigenvalue weighted by Gasteiger charge is 2.13. The Morgan fingerprint density at radius 3 is 2.47 bits per heavy atom. The van der Waals surface area contributed by atoms with E-state index in [-0.39, 0.29) is 5.91 Å². The molecule has 1 unspecified atom stereocenters. The van der Waals surface area contributed by atoms with Crippen LogP contribution in [0.2, 0.25) is 10.0 Å². The standard InChI is InChI=1S/C12H12Cl2N2O/c1-2-3-11(7-15)16-12(17)8-4-9(13)6-10(14)5-8/h4-6,11H,2-3H2,1H3,(H,16,17). The molecule has 3 nitrogen and oxygen atoms in total. The van der Waals surface area contributed by atoms with Crippen molar-refractivity contribution in [2.24, 2.45) is 0 Å². The summed E-state index contributed by atoms with van der Waals surface area (Å²) in [4.78, 5) is 11.8. The van der Waals surface area contributed by atoms with Crippen LogP contribution in [0.5, 0.6) is 0 Å². The van der Waals surface area contributed by atoms with E-state index in [0.717, 1.165) is 6.42 Å². The predicted octanol–water partition coefficient (Wildman–Crippen LogP) is 3.42. The van der Waals surface area contributed by atoms with Gasteiger partial charge in [-0.1, -0.05) is 36.5 Å². The van der Waals surface area contributed by atoms with Gasteiger partial charge in [-0.25, -0.2) is 0 Å².